The predicted octanol–water partition coefficient (Wildman–Crippen LogP) is 24.4. The van der Waals surface area contributed by atoms with Crippen LogP contribution in [0, 0.1) is 0 Å². The van der Waals surface area contributed by atoms with E-state index in [9.17, 15) is 43.2 Å². The predicted molar refractivity (Wildman–Crippen MR) is 436 cm³/mol. The second kappa shape index (κ2) is 78.3. The Bertz CT molecular complexity index is 2530. The smallest absolute Gasteiger partial charge is 0.462 e. The van der Waals surface area contributed by atoms with Gasteiger partial charge in [-0.25, -0.2) is 9.13 Å². The molecule has 106 heavy (non-hydrogen) atoms. The number of phosphoric acid groups is 2. The molecule has 19 heteroatoms. The molecule has 0 aliphatic heterocycles. The zero-order valence-electron chi connectivity index (χ0n) is 66.6. The van der Waals surface area contributed by atoms with Gasteiger partial charge in [0.05, 0.1) is 26.4 Å². The highest BCUT2D eigenvalue weighted by Crippen LogP contribution is 2.45. The average Bonchev–Trinajstić information content (AvgIpc) is 0.907. The summed E-state index contributed by atoms with van der Waals surface area (Å²) in [6, 6.07) is 0. The van der Waals surface area contributed by atoms with E-state index in [1.54, 1.807) is 0 Å². The summed E-state index contributed by atoms with van der Waals surface area (Å²) < 4.78 is 68.7. The molecule has 17 nitrogen and oxygen atoms in total. The molecule has 3 N–H and O–H groups in total. The second-order valence-electron chi connectivity index (χ2n) is 27.3. The number of rotatable bonds is 77. The van der Waals surface area contributed by atoms with Gasteiger partial charge in [-0.3, -0.25) is 37.3 Å². The largest absolute Gasteiger partial charge is 0.472 e. The van der Waals surface area contributed by atoms with Crippen LogP contribution in [-0.4, -0.2) is 96.7 Å². The number of carbonyl (C=O) groups is 4. The topological polar surface area (TPSA) is 237 Å². The van der Waals surface area contributed by atoms with Crippen molar-refractivity contribution in [3.05, 3.63) is 134 Å². The van der Waals surface area contributed by atoms with Gasteiger partial charge in [-0.1, -0.05) is 303 Å². The van der Waals surface area contributed by atoms with Crippen LogP contribution >= 0.6 is 15.6 Å². The molecule has 0 aliphatic carbocycles. The molecule has 5 unspecified atom stereocenters. The first-order chi connectivity index (χ1) is 51.7. The number of esters is 4. The van der Waals surface area contributed by atoms with Crippen LogP contribution in [0.5, 0.6) is 0 Å². The Labute approximate surface area is 644 Å². The summed E-state index contributed by atoms with van der Waals surface area (Å²) in [5.74, 6) is -2.25. The van der Waals surface area contributed by atoms with Gasteiger partial charge in [0.2, 0.25) is 0 Å². The molecular formula is C87H148O17P2. The number of phosphoric ester groups is 2. The SMILES string of the molecule is CC/C=C\C/C=C\C/C=C\C/C=C\CCCCCCC(=O)OC(COC(=O)CCCCCCCC/C=C\C/C=C\C/C=C\CCCCC)COP(=O)(O)OCC(O)COP(=O)(O)OCC(COC(=O)CCCC/C=C\C/C=C\C/C=C\C/C=C\CC)OC(=O)CCCCCCCCCCCCCCCCC. The fraction of sp³-hybridized carbons (Fsp3) is 0.701. The molecule has 0 heterocycles. The summed E-state index contributed by atoms with van der Waals surface area (Å²) in [5, 5.41) is 10.7. The first-order valence-electron chi connectivity index (χ1n) is 41.4. The van der Waals surface area contributed by atoms with Crippen LogP contribution in [0.2, 0.25) is 0 Å². The summed E-state index contributed by atoms with van der Waals surface area (Å²) in [7, 11) is -9.99. The third-order valence-electron chi connectivity index (χ3n) is 17.1. The highest BCUT2D eigenvalue weighted by molar-refractivity contribution is 7.47. The van der Waals surface area contributed by atoms with Crippen LogP contribution in [0.1, 0.15) is 336 Å². The molecule has 0 aromatic heterocycles. The van der Waals surface area contributed by atoms with E-state index in [1.165, 1.54) is 83.5 Å². The molecule has 0 aromatic carbocycles. The van der Waals surface area contributed by atoms with Crippen molar-refractivity contribution >= 4 is 39.5 Å². The lowest BCUT2D eigenvalue weighted by molar-refractivity contribution is -0.161. The van der Waals surface area contributed by atoms with Crippen molar-refractivity contribution in [2.75, 3.05) is 39.6 Å². The van der Waals surface area contributed by atoms with Gasteiger partial charge in [0, 0.05) is 25.7 Å². The number of hydrogen-bond donors (Lipinski definition) is 3. The molecule has 0 saturated carbocycles. The Morgan fingerprint density at radius 3 is 0.792 bits per heavy atom. The summed E-state index contributed by atoms with van der Waals surface area (Å²) in [6.07, 6.45) is 88.5. The first kappa shape index (κ1) is 101. The molecule has 0 aliphatic rings. The standard InChI is InChI=1S/C87H148O17P2/c1-5-9-13-17-21-25-29-33-37-39-40-42-45-48-52-56-60-64-68-72-85(90)98-78-83(104-87(92)74-70-66-62-58-54-50-46-41-38-34-30-26-22-18-14-10-6-2)80-102-106(95,96)100-76-81(88)75-99-105(93,94)101-79-82(103-86(91)73-69-65-61-57-53-49-44-36-32-28-24-20-16-12-8-4)77-97-84(89)71-67-63-59-55-51-47-43-35-31-27-23-19-15-11-7-3/h10-11,14-15,21-23,25-27,33-35,37-38,40,42-43,46,50-51,55,81-83,88H,5-9,12-13,16-20,24,28-32,36,39,41,44-45,47-49,52-54,56-80H2,1-4H3,(H,93,94)(H,95,96)/b14-10-,15-11-,25-21-,26-22-,27-23-,37-33-,38-34-,42-40-,43-35-,50-46-,55-51-. The fourth-order valence-corrected chi connectivity index (χ4v) is 12.4. The van der Waals surface area contributed by atoms with E-state index in [1.807, 2.05) is 0 Å². The maximum Gasteiger partial charge on any atom is 0.472 e. The summed E-state index contributed by atoms with van der Waals surface area (Å²) in [5.41, 5.74) is 0. The van der Waals surface area contributed by atoms with Gasteiger partial charge in [0.25, 0.3) is 0 Å². The van der Waals surface area contributed by atoms with Crippen molar-refractivity contribution in [1.82, 2.24) is 0 Å². The van der Waals surface area contributed by atoms with Crippen LogP contribution in [0.25, 0.3) is 0 Å². The zero-order chi connectivity index (χ0) is 77.4. The molecule has 0 radical (unpaired) electrons. The molecule has 0 rings (SSSR count). The zero-order valence-corrected chi connectivity index (χ0v) is 68.4. The fourth-order valence-electron chi connectivity index (χ4n) is 10.9. The molecule has 0 saturated heterocycles. The summed E-state index contributed by atoms with van der Waals surface area (Å²) >= 11 is 0. The maximum atomic E-state index is 13.1. The molecule has 608 valence electrons. The summed E-state index contributed by atoms with van der Waals surface area (Å²) in [4.78, 5) is 73.1. The van der Waals surface area contributed by atoms with Gasteiger partial charge in [0.15, 0.2) is 12.2 Å². The highest BCUT2D eigenvalue weighted by atomic mass is 31.2. The minimum absolute atomic E-state index is 0.0603. The van der Waals surface area contributed by atoms with E-state index < -0.39 is 97.5 Å². The Hall–Kier alpha value is -4.80. The van der Waals surface area contributed by atoms with Crippen LogP contribution in [0.4, 0.5) is 0 Å². The monoisotopic (exact) mass is 1530 g/mol. The van der Waals surface area contributed by atoms with Crippen molar-refractivity contribution in [2.45, 2.75) is 354 Å². The number of hydrogen-bond acceptors (Lipinski definition) is 15. The lowest BCUT2D eigenvalue weighted by Gasteiger charge is -2.21. The van der Waals surface area contributed by atoms with Crippen LogP contribution in [0.3, 0.4) is 0 Å². The van der Waals surface area contributed by atoms with Crippen molar-refractivity contribution in [1.29, 1.82) is 0 Å². The minimum Gasteiger partial charge on any atom is -0.462 e. The third kappa shape index (κ3) is 77.4. The van der Waals surface area contributed by atoms with Crippen molar-refractivity contribution in [3.63, 3.8) is 0 Å². The van der Waals surface area contributed by atoms with E-state index in [0.29, 0.717) is 25.7 Å². The maximum absolute atomic E-state index is 13.1. The van der Waals surface area contributed by atoms with E-state index in [-0.39, 0.29) is 25.7 Å². The quantitative estimate of drug-likeness (QED) is 0.0169. The molecule has 0 amide bonds. The summed E-state index contributed by atoms with van der Waals surface area (Å²) in [6.45, 7) is 4.57. The van der Waals surface area contributed by atoms with E-state index in [2.05, 4.69) is 161 Å². The van der Waals surface area contributed by atoms with E-state index in [4.69, 9.17) is 37.0 Å². The van der Waals surface area contributed by atoms with Gasteiger partial charge >= 0.3 is 39.5 Å². The van der Waals surface area contributed by atoms with Crippen molar-refractivity contribution in [2.24, 2.45) is 0 Å². The van der Waals surface area contributed by atoms with Crippen LogP contribution < -0.4 is 0 Å². The Kier molecular flexibility index (Phi) is 74.8. The molecule has 0 spiro atoms. The van der Waals surface area contributed by atoms with Crippen LogP contribution in [-0.2, 0) is 65.4 Å². The molecule has 0 fully saturated rings. The van der Waals surface area contributed by atoms with Gasteiger partial charge in [-0.15, -0.1) is 0 Å². The number of carbonyl (C=O) groups excluding carboxylic acids is 4. The lowest BCUT2D eigenvalue weighted by Crippen LogP contribution is -2.30. The minimum atomic E-state index is -5.00. The normalized spacial score (nSPS) is 14.5. The number of unbranched alkanes of at least 4 members (excludes halogenated alkanes) is 29. The van der Waals surface area contributed by atoms with Crippen molar-refractivity contribution in [3.8, 4) is 0 Å². The Balaban J connectivity index is 5.43. The Morgan fingerprint density at radius 1 is 0.274 bits per heavy atom. The number of ether oxygens (including phenoxy) is 4. The second-order valence-corrected chi connectivity index (χ2v) is 30.2. The number of aliphatic hydroxyl groups excluding tert-OH is 1. The Morgan fingerprint density at radius 2 is 0.491 bits per heavy atom. The molecular weight excluding hydrogens is 1380 g/mol. The lowest BCUT2D eigenvalue weighted by atomic mass is 10.0. The van der Waals surface area contributed by atoms with E-state index in [0.717, 1.165) is 173 Å². The van der Waals surface area contributed by atoms with Crippen molar-refractivity contribution < 1.29 is 80.2 Å². The molecule has 0 bridgehead atoms. The van der Waals surface area contributed by atoms with Gasteiger partial charge in [-0.2, -0.15) is 0 Å². The van der Waals surface area contributed by atoms with Gasteiger partial charge < -0.3 is 33.8 Å². The number of aliphatic hydroxyl groups is 1. The van der Waals surface area contributed by atoms with E-state index >= 15 is 0 Å². The highest BCUT2D eigenvalue weighted by Gasteiger charge is 2.30. The molecule has 5 atom stereocenters. The first-order valence-corrected chi connectivity index (χ1v) is 44.4. The van der Waals surface area contributed by atoms with Gasteiger partial charge in [0.1, 0.15) is 19.3 Å². The van der Waals surface area contributed by atoms with Crippen LogP contribution in [0.15, 0.2) is 134 Å². The van der Waals surface area contributed by atoms with Gasteiger partial charge in [-0.05, 0) is 141 Å². The third-order valence-corrected chi connectivity index (χ3v) is 19.0. The molecule has 0 aromatic rings. The average molecular weight is 1530 g/mol. The number of allylic oxidation sites excluding steroid dienone is 22.